The number of benzene rings is 1. The monoisotopic (exact) mass is 250 g/mol. The molecule has 1 aromatic carbocycles. The Kier molecular flexibility index (Phi) is 4.36. The van der Waals surface area contributed by atoms with E-state index in [1.165, 1.54) is 25.3 Å². The summed E-state index contributed by atoms with van der Waals surface area (Å²) >= 11 is 0. The van der Waals surface area contributed by atoms with Gasteiger partial charge in [-0.2, -0.15) is 0 Å². The zero-order chi connectivity index (χ0) is 13.1. The highest BCUT2D eigenvalue weighted by Crippen LogP contribution is 2.25. The second-order valence-electron chi connectivity index (χ2n) is 5.47. The van der Waals surface area contributed by atoms with Gasteiger partial charge in [0.15, 0.2) is 0 Å². The molecular weight excluding hydrogens is 227 g/mol. The first kappa shape index (κ1) is 13.5. The van der Waals surface area contributed by atoms with Gasteiger partial charge in [-0.05, 0) is 49.9 Å². The third-order valence-electron chi connectivity index (χ3n) is 3.99. The lowest BCUT2D eigenvalue weighted by Gasteiger charge is -2.39. The summed E-state index contributed by atoms with van der Waals surface area (Å²) in [5, 5.41) is 0. The summed E-state index contributed by atoms with van der Waals surface area (Å²) in [7, 11) is 0. The summed E-state index contributed by atoms with van der Waals surface area (Å²) in [6, 6.07) is 6.34. The third kappa shape index (κ3) is 3.09. The zero-order valence-corrected chi connectivity index (χ0v) is 11.3. The molecule has 0 spiro atoms. The van der Waals surface area contributed by atoms with Crippen LogP contribution >= 0.6 is 0 Å². The van der Waals surface area contributed by atoms with Crippen LogP contribution in [0.2, 0.25) is 0 Å². The average molecular weight is 250 g/mol. The first-order valence-corrected chi connectivity index (χ1v) is 6.84. The fourth-order valence-corrected chi connectivity index (χ4v) is 2.92. The van der Waals surface area contributed by atoms with E-state index >= 15 is 0 Å². The fourth-order valence-electron chi connectivity index (χ4n) is 2.92. The van der Waals surface area contributed by atoms with Gasteiger partial charge >= 0.3 is 0 Å². The molecule has 2 rings (SSSR count). The smallest absolute Gasteiger partial charge is 0.123 e. The highest BCUT2D eigenvalue weighted by molar-refractivity contribution is 5.24. The maximum Gasteiger partial charge on any atom is 0.123 e. The van der Waals surface area contributed by atoms with Crippen LogP contribution in [-0.4, -0.2) is 17.0 Å². The molecule has 0 saturated carbocycles. The molecule has 2 atom stereocenters. The van der Waals surface area contributed by atoms with E-state index in [1.807, 2.05) is 6.07 Å². The van der Waals surface area contributed by atoms with Gasteiger partial charge < -0.3 is 5.73 Å². The standard InChI is InChI=1S/C15H23FN2/c1-11-4-3-5-12(2)18(11)10-14-6-13(9-17)7-15(16)8-14/h6-8,11-12H,3-5,9-10,17H2,1-2H3. The average Bonchev–Trinajstić information content (AvgIpc) is 2.33. The SMILES string of the molecule is CC1CCCC(C)N1Cc1cc(F)cc(CN)c1. The van der Waals surface area contributed by atoms with Crippen molar-refractivity contribution >= 4 is 0 Å². The van der Waals surface area contributed by atoms with Crippen LogP contribution in [0.4, 0.5) is 4.39 Å². The fraction of sp³-hybridized carbons (Fsp3) is 0.600. The van der Waals surface area contributed by atoms with Gasteiger partial charge in [-0.15, -0.1) is 0 Å². The Labute approximate surface area is 109 Å². The van der Waals surface area contributed by atoms with Crippen LogP contribution in [0.3, 0.4) is 0 Å². The van der Waals surface area contributed by atoms with E-state index in [1.54, 1.807) is 6.07 Å². The molecule has 0 bridgehead atoms. The quantitative estimate of drug-likeness (QED) is 0.893. The van der Waals surface area contributed by atoms with Gasteiger partial charge in [-0.1, -0.05) is 12.5 Å². The van der Waals surface area contributed by atoms with E-state index < -0.39 is 0 Å². The van der Waals surface area contributed by atoms with Crippen LogP contribution in [0, 0.1) is 5.82 Å². The molecule has 1 heterocycles. The molecule has 2 N–H and O–H groups in total. The van der Waals surface area contributed by atoms with E-state index in [-0.39, 0.29) is 5.82 Å². The Morgan fingerprint density at radius 3 is 2.39 bits per heavy atom. The van der Waals surface area contributed by atoms with E-state index in [4.69, 9.17) is 5.73 Å². The third-order valence-corrected chi connectivity index (χ3v) is 3.99. The summed E-state index contributed by atoms with van der Waals surface area (Å²) in [5.74, 6) is -0.176. The van der Waals surface area contributed by atoms with E-state index in [9.17, 15) is 4.39 Å². The lowest BCUT2D eigenvalue weighted by molar-refractivity contribution is 0.0951. The summed E-state index contributed by atoms with van der Waals surface area (Å²) in [4.78, 5) is 2.47. The molecule has 1 aliphatic rings. The lowest BCUT2D eigenvalue weighted by atomic mass is 9.96. The van der Waals surface area contributed by atoms with Gasteiger partial charge in [-0.3, -0.25) is 4.90 Å². The van der Waals surface area contributed by atoms with Crippen molar-refractivity contribution in [3.63, 3.8) is 0 Å². The van der Waals surface area contributed by atoms with Gasteiger partial charge in [-0.25, -0.2) is 4.39 Å². The number of hydrogen-bond donors (Lipinski definition) is 1. The molecule has 0 aliphatic carbocycles. The Balaban J connectivity index is 2.14. The van der Waals surface area contributed by atoms with Gasteiger partial charge in [0.2, 0.25) is 0 Å². The van der Waals surface area contributed by atoms with Crippen molar-refractivity contribution in [2.75, 3.05) is 0 Å². The number of rotatable bonds is 3. The van der Waals surface area contributed by atoms with Gasteiger partial charge in [0.1, 0.15) is 5.82 Å². The minimum absolute atomic E-state index is 0.176. The van der Waals surface area contributed by atoms with Crippen molar-refractivity contribution in [2.45, 2.75) is 58.3 Å². The van der Waals surface area contributed by atoms with Gasteiger partial charge in [0.25, 0.3) is 0 Å². The molecule has 1 fully saturated rings. The first-order chi connectivity index (χ1) is 8.60. The van der Waals surface area contributed by atoms with E-state index in [0.717, 1.165) is 17.7 Å². The number of hydrogen-bond acceptors (Lipinski definition) is 2. The Morgan fingerprint density at radius 1 is 1.17 bits per heavy atom. The van der Waals surface area contributed by atoms with Crippen LogP contribution in [0.5, 0.6) is 0 Å². The molecule has 18 heavy (non-hydrogen) atoms. The molecule has 0 aromatic heterocycles. The molecule has 1 aromatic rings. The van der Waals surface area contributed by atoms with Crippen molar-refractivity contribution < 1.29 is 4.39 Å². The molecule has 100 valence electrons. The van der Waals surface area contributed by atoms with Crippen molar-refractivity contribution in [2.24, 2.45) is 5.73 Å². The largest absolute Gasteiger partial charge is 0.326 e. The summed E-state index contributed by atoms with van der Waals surface area (Å²) < 4.78 is 13.5. The van der Waals surface area contributed by atoms with Crippen LogP contribution in [0.25, 0.3) is 0 Å². The van der Waals surface area contributed by atoms with Gasteiger partial charge in [0.05, 0.1) is 0 Å². The molecule has 2 unspecified atom stereocenters. The zero-order valence-electron chi connectivity index (χ0n) is 11.3. The van der Waals surface area contributed by atoms with E-state index in [2.05, 4.69) is 18.7 Å². The minimum atomic E-state index is -0.176. The Bertz CT molecular complexity index is 395. The maximum absolute atomic E-state index is 13.5. The first-order valence-electron chi connectivity index (χ1n) is 6.84. The number of piperidine rings is 1. The number of nitrogens with two attached hydrogens (primary N) is 1. The van der Waals surface area contributed by atoms with Crippen LogP contribution in [0.15, 0.2) is 18.2 Å². The van der Waals surface area contributed by atoms with Crippen molar-refractivity contribution in [3.05, 3.63) is 35.1 Å². The van der Waals surface area contributed by atoms with Crippen molar-refractivity contribution in [1.29, 1.82) is 0 Å². The highest BCUT2D eigenvalue weighted by Gasteiger charge is 2.24. The molecular formula is C15H23FN2. The normalized spacial score (nSPS) is 25.3. The Morgan fingerprint density at radius 2 is 1.78 bits per heavy atom. The second kappa shape index (κ2) is 5.81. The predicted octanol–water partition coefficient (Wildman–Crippen LogP) is 3.05. The number of likely N-dealkylation sites (tertiary alicyclic amines) is 1. The highest BCUT2D eigenvalue weighted by atomic mass is 19.1. The molecule has 1 aliphatic heterocycles. The topological polar surface area (TPSA) is 29.3 Å². The molecule has 1 saturated heterocycles. The number of nitrogens with zero attached hydrogens (tertiary/aromatic N) is 1. The predicted molar refractivity (Wildman–Crippen MR) is 72.6 cm³/mol. The molecule has 2 nitrogen and oxygen atoms in total. The maximum atomic E-state index is 13.5. The second-order valence-corrected chi connectivity index (χ2v) is 5.47. The minimum Gasteiger partial charge on any atom is -0.326 e. The Hall–Kier alpha value is -0.930. The molecule has 0 amide bonds. The summed E-state index contributed by atoms with van der Waals surface area (Å²) in [6.07, 6.45) is 3.78. The van der Waals surface area contributed by atoms with Crippen molar-refractivity contribution in [1.82, 2.24) is 4.90 Å². The van der Waals surface area contributed by atoms with Gasteiger partial charge in [0, 0.05) is 25.2 Å². The van der Waals surface area contributed by atoms with E-state index in [0.29, 0.717) is 18.6 Å². The summed E-state index contributed by atoms with van der Waals surface area (Å²) in [6.45, 7) is 5.75. The van der Waals surface area contributed by atoms with Crippen LogP contribution in [0.1, 0.15) is 44.2 Å². The van der Waals surface area contributed by atoms with Crippen LogP contribution in [-0.2, 0) is 13.1 Å². The lowest BCUT2D eigenvalue weighted by Crippen LogP contribution is -2.42. The molecule has 3 heteroatoms. The molecule has 0 radical (unpaired) electrons. The van der Waals surface area contributed by atoms with Crippen molar-refractivity contribution in [3.8, 4) is 0 Å². The number of halogens is 1. The summed E-state index contributed by atoms with van der Waals surface area (Å²) in [5.41, 5.74) is 7.51. The van der Waals surface area contributed by atoms with Crippen LogP contribution < -0.4 is 5.73 Å².